The molecular formula is C28H35N5O. The average molecular weight is 458 g/mol. The number of hydrogen-bond acceptors (Lipinski definition) is 4. The van der Waals surface area contributed by atoms with Gasteiger partial charge < -0.3 is 14.8 Å². The Morgan fingerprint density at radius 1 is 0.912 bits per heavy atom. The largest absolute Gasteiger partial charge is 0.369 e. The van der Waals surface area contributed by atoms with E-state index >= 15 is 0 Å². The van der Waals surface area contributed by atoms with Crippen LogP contribution in [0.2, 0.25) is 0 Å². The van der Waals surface area contributed by atoms with Gasteiger partial charge >= 0.3 is 0 Å². The first-order valence-electron chi connectivity index (χ1n) is 12.4. The summed E-state index contributed by atoms with van der Waals surface area (Å²) in [7, 11) is 2.08. The third kappa shape index (κ3) is 5.34. The number of hydrogen-bond donors (Lipinski definition) is 1. The lowest BCUT2D eigenvalue weighted by Crippen LogP contribution is -2.45. The number of carbonyl (C=O) groups excluding carboxylic acids is 1. The highest BCUT2D eigenvalue weighted by Gasteiger charge is 2.29. The summed E-state index contributed by atoms with van der Waals surface area (Å²) in [5.74, 6) is 0.0587. The van der Waals surface area contributed by atoms with Crippen LogP contribution >= 0.6 is 0 Å². The highest BCUT2D eigenvalue weighted by molar-refractivity contribution is 5.92. The molecule has 2 aliphatic rings. The van der Waals surface area contributed by atoms with Crippen LogP contribution in [-0.4, -0.2) is 59.5 Å². The Kier molecular flexibility index (Phi) is 6.97. The number of likely N-dealkylation sites (tertiary alicyclic amines) is 1. The number of rotatable bonds is 7. The highest BCUT2D eigenvalue weighted by atomic mass is 16.2. The Balaban J connectivity index is 1.11. The van der Waals surface area contributed by atoms with Gasteiger partial charge in [-0.2, -0.15) is 0 Å². The molecule has 0 aliphatic carbocycles. The van der Waals surface area contributed by atoms with Gasteiger partial charge in [-0.15, -0.1) is 0 Å². The zero-order valence-electron chi connectivity index (χ0n) is 20.1. The predicted octanol–water partition coefficient (Wildman–Crippen LogP) is 4.12. The fraction of sp³-hybridized carbons (Fsp3) is 0.393. The number of aryl methyl sites for hydroxylation is 1. The van der Waals surface area contributed by atoms with Crippen molar-refractivity contribution in [1.29, 1.82) is 0 Å². The lowest BCUT2D eigenvalue weighted by Gasteiger charge is -2.36. The van der Waals surface area contributed by atoms with E-state index < -0.39 is 0 Å². The first-order chi connectivity index (χ1) is 16.7. The normalized spacial score (nSPS) is 19.4. The molecule has 5 rings (SSSR count). The Hall–Kier alpha value is -3.09. The molecule has 1 amide bonds. The summed E-state index contributed by atoms with van der Waals surface area (Å²) in [6.45, 7) is 6.58. The number of nitrogens with one attached hydrogen (secondary N) is 1. The molecule has 6 nitrogen and oxygen atoms in total. The van der Waals surface area contributed by atoms with E-state index in [0.29, 0.717) is 12.6 Å². The smallest absolute Gasteiger partial charge is 0.238 e. The van der Waals surface area contributed by atoms with E-state index in [-0.39, 0.29) is 5.91 Å². The molecule has 0 bridgehead atoms. The summed E-state index contributed by atoms with van der Waals surface area (Å²) in [6.07, 6.45) is 4.32. The van der Waals surface area contributed by atoms with Gasteiger partial charge in [0.1, 0.15) is 0 Å². The Bertz CT molecular complexity index is 1070. The molecular weight excluding hydrogens is 422 g/mol. The molecule has 6 heteroatoms. The lowest BCUT2D eigenvalue weighted by molar-refractivity contribution is -0.117. The number of anilines is 2. The number of carbonyl (C=O) groups is 1. The van der Waals surface area contributed by atoms with Gasteiger partial charge in [-0.25, -0.2) is 0 Å². The van der Waals surface area contributed by atoms with Crippen molar-refractivity contribution in [3.8, 4) is 0 Å². The minimum Gasteiger partial charge on any atom is -0.369 e. The number of benzene rings is 2. The topological polar surface area (TPSA) is 43.8 Å². The molecule has 1 N–H and O–H groups in total. The van der Waals surface area contributed by atoms with Gasteiger partial charge in [0.15, 0.2) is 0 Å². The van der Waals surface area contributed by atoms with Crippen LogP contribution in [0, 0.1) is 0 Å². The first kappa shape index (κ1) is 22.7. The monoisotopic (exact) mass is 457 g/mol. The summed E-state index contributed by atoms with van der Waals surface area (Å²) in [5.41, 5.74) is 4.75. The molecule has 2 aromatic carbocycles. The summed E-state index contributed by atoms with van der Waals surface area (Å²) in [6, 6.07) is 23.6. The van der Waals surface area contributed by atoms with Crippen molar-refractivity contribution in [2.45, 2.75) is 25.4 Å². The quantitative estimate of drug-likeness (QED) is 0.580. The van der Waals surface area contributed by atoms with Crippen LogP contribution in [0.1, 0.15) is 30.1 Å². The minimum atomic E-state index is 0.0587. The molecule has 1 aromatic heterocycles. The summed E-state index contributed by atoms with van der Waals surface area (Å²) in [4.78, 5) is 20.0. The Labute approximate surface area is 202 Å². The van der Waals surface area contributed by atoms with Gasteiger partial charge in [-0.1, -0.05) is 30.3 Å². The SMILES string of the molecule is Cn1cccc1C1CCCN1CC(=O)Nc1ccc(N2CCN(Cc3ccccc3)CC2)cc1. The van der Waals surface area contributed by atoms with Crippen molar-refractivity contribution in [3.05, 3.63) is 84.2 Å². The molecule has 3 aromatic rings. The molecule has 1 atom stereocenters. The zero-order valence-corrected chi connectivity index (χ0v) is 20.1. The average Bonchev–Trinajstić information content (AvgIpc) is 3.49. The minimum absolute atomic E-state index is 0.0587. The van der Waals surface area contributed by atoms with Crippen molar-refractivity contribution < 1.29 is 4.79 Å². The fourth-order valence-corrected chi connectivity index (χ4v) is 5.32. The van der Waals surface area contributed by atoms with E-state index in [1.54, 1.807) is 0 Å². The molecule has 2 aliphatic heterocycles. The van der Waals surface area contributed by atoms with Gasteiger partial charge in [-0.3, -0.25) is 14.6 Å². The molecule has 0 radical (unpaired) electrons. The molecule has 3 heterocycles. The second-order valence-electron chi connectivity index (χ2n) is 9.52. The van der Waals surface area contributed by atoms with Gasteiger partial charge in [0, 0.05) is 63.0 Å². The van der Waals surface area contributed by atoms with Gasteiger partial charge in [-0.05, 0) is 61.3 Å². The molecule has 2 fully saturated rings. The van der Waals surface area contributed by atoms with Crippen LogP contribution in [-0.2, 0) is 18.4 Å². The standard InChI is InChI=1S/C28H35N5O/c1-30-15-5-9-26(30)27-10-6-16-33(27)22-28(34)29-24-11-13-25(14-12-24)32-19-17-31(18-20-32)21-23-7-3-2-4-8-23/h2-5,7-9,11-15,27H,6,10,16-22H2,1H3,(H,29,34). The maximum Gasteiger partial charge on any atom is 0.238 e. The van der Waals surface area contributed by atoms with Crippen molar-refractivity contribution in [3.63, 3.8) is 0 Å². The Morgan fingerprint density at radius 2 is 1.68 bits per heavy atom. The van der Waals surface area contributed by atoms with Gasteiger partial charge in [0.05, 0.1) is 12.6 Å². The molecule has 0 spiro atoms. The summed E-state index contributed by atoms with van der Waals surface area (Å²) >= 11 is 0. The predicted molar refractivity (Wildman–Crippen MR) is 138 cm³/mol. The number of nitrogens with zero attached hydrogens (tertiary/aromatic N) is 4. The van der Waals surface area contributed by atoms with Crippen LogP contribution < -0.4 is 10.2 Å². The number of piperazine rings is 1. The van der Waals surface area contributed by atoms with Crippen molar-refractivity contribution in [2.24, 2.45) is 7.05 Å². The van der Waals surface area contributed by atoms with E-state index in [2.05, 4.69) is 92.4 Å². The summed E-state index contributed by atoms with van der Waals surface area (Å²) in [5, 5.41) is 3.10. The molecule has 0 saturated carbocycles. The second-order valence-corrected chi connectivity index (χ2v) is 9.52. The van der Waals surface area contributed by atoms with E-state index in [1.807, 2.05) is 12.1 Å². The van der Waals surface area contributed by atoms with E-state index in [4.69, 9.17) is 0 Å². The van der Waals surface area contributed by atoms with E-state index in [1.165, 1.54) is 16.9 Å². The fourth-order valence-electron chi connectivity index (χ4n) is 5.32. The van der Waals surface area contributed by atoms with Crippen molar-refractivity contribution >= 4 is 17.3 Å². The van der Waals surface area contributed by atoms with Gasteiger partial charge in [0.2, 0.25) is 5.91 Å². The first-order valence-corrected chi connectivity index (χ1v) is 12.4. The summed E-state index contributed by atoms with van der Waals surface area (Å²) < 4.78 is 2.17. The third-order valence-corrected chi connectivity index (χ3v) is 7.17. The maximum absolute atomic E-state index is 12.8. The molecule has 1 unspecified atom stereocenters. The molecule has 178 valence electrons. The van der Waals surface area contributed by atoms with Gasteiger partial charge in [0.25, 0.3) is 0 Å². The second kappa shape index (κ2) is 10.5. The highest BCUT2D eigenvalue weighted by Crippen LogP contribution is 2.31. The van der Waals surface area contributed by atoms with Crippen LogP contribution in [0.3, 0.4) is 0 Å². The van der Waals surface area contributed by atoms with Crippen molar-refractivity contribution in [2.75, 3.05) is 49.5 Å². The molecule has 34 heavy (non-hydrogen) atoms. The van der Waals surface area contributed by atoms with Crippen molar-refractivity contribution in [1.82, 2.24) is 14.4 Å². The number of amides is 1. The van der Waals surface area contributed by atoms with Crippen LogP contribution in [0.15, 0.2) is 72.9 Å². The molecule has 2 saturated heterocycles. The maximum atomic E-state index is 12.8. The third-order valence-electron chi connectivity index (χ3n) is 7.17. The van der Waals surface area contributed by atoms with Crippen LogP contribution in [0.25, 0.3) is 0 Å². The zero-order chi connectivity index (χ0) is 23.3. The number of aromatic nitrogens is 1. The van der Waals surface area contributed by atoms with Crippen LogP contribution in [0.5, 0.6) is 0 Å². The van der Waals surface area contributed by atoms with E-state index in [0.717, 1.165) is 57.8 Å². The van der Waals surface area contributed by atoms with E-state index in [9.17, 15) is 4.79 Å². The lowest BCUT2D eigenvalue weighted by atomic mass is 10.1. The Morgan fingerprint density at radius 3 is 2.38 bits per heavy atom. The van der Waals surface area contributed by atoms with Crippen LogP contribution in [0.4, 0.5) is 11.4 Å².